The third-order valence-corrected chi connectivity index (χ3v) is 5.90. The molecule has 1 aliphatic rings. The lowest BCUT2D eigenvalue weighted by atomic mass is 9.85. The molecule has 0 fully saturated rings. The molecule has 0 saturated carbocycles. The first kappa shape index (κ1) is 22.5. The first-order valence-electron chi connectivity index (χ1n) is 11.0. The van der Waals surface area contributed by atoms with Gasteiger partial charge in [0.1, 0.15) is 5.69 Å². The summed E-state index contributed by atoms with van der Waals surface area (Å²) < 4.78 is 5.06. The Bertz CT molecular complexity index is 1190. The summed E-state index contributed by atoms with van der Waals surface area (Å²) in [5.74, 6) is -0.780. The normalized spacial score (nSPS) is 18.5. The molecule has 2 atom stereocenters. The number of hydrogen-bond acceptors (Lipinski definition) is 6. The van der Waals surface area contributed by atoms with Crippen molar-refractivity contribution in [2.24, 2.45) is 11.1 Å². The summed E-state index contributed by atoms with van der Waals surface area (Å²) in [4.78, 5) is 36.0. The molecule has 7 heteroatoms. The van der Waals surface area contributed by atoms with Crippen molar-refractivity contribution < 1.29 is 19.2 Å². The number of hydrogen-bond donors (Lipinski definition) is 1. The molecule has 2 aromatic carbocycles. The molecular formula is C26H27N3O4. The molecule has 170 valence electrons. The number of carbonyl (C=O) groups excluding carboxylic acids is 2. The van der Waals surface area contributed by atoms with Gasteiger partial charge in [-0.3, -0.25) is 9.78 Å². The second-order valence-corrected chi connectivity index (χ2v) is 8.57. The van der Waals surface area contributed by atoms with Gasteiger partial charge in [-0.2, -0.15) is 0 Å². The van der Waals surface area contributed by atoms with Crippen molar-refractivity contribution in [1.29, 1.82) is 0 Å². The molecule has 1 unspecified atom stereocenters. The number of pyridine rings is 1. The van der Waals surface area contributed by atoms with Crippen molar-refractivity contribution in [1.82, 2.24) is 10.3 Å². The van der Waals surface area contributed by atoms with Crippen LogP contribution in [0.25, 0.3) is 10.8 Å². The van der Waals surface area contributed by atoms with Crippen molar-refractivity contribution in [2.45, 2.75) is 38.3 Å². The van der Waals surface area contributed by atoms with E-state index < -0.39 is 17.6 Å². The van der Waals surface area contributed by atoms with Gasteiger partial charge in [-0.1, -0.05) is 73.6 Å². The molecule has 0 aliphatic carbocycles. The predicted octanol–water partition coefficient (Wildman–Crippen LogP) is 3.92. The first-order valence-corrected chi connectivity index (χ1v) is 11.0. The fourth-order valence-electron chi connectivity index (χ4n) is 4.20. The quantitative estimate of drug-likeness (QED) is 0.557. The lowest BCUT2D eigenvalue weighted by Gasteiger charge is -2.25. The highest BCUT2D eigenvalue weighted by Crippen LogP contribution is 2.32. The van der Waals surface area contributed by atoms with E-state index in [1.54, 1.807) is 6.20 Å². The van der Waals surface area contributed by atoms with Gasteiger partial charge in [0.25, 0.3) is 5.91 Å². The number of esters is 1. The van der Waals surface area contributed by atoms with E-state index in [0.29, 0.717) is 17.8 Å². The topological polar surface area (TPSA) is 89.9 Å². The molecular weight excluding hydrogens is 418 g/mol. The van der Waals surface area contributed by atoms with Gasteiger partial charge in [0.05, 0.1) is 18.9 Å². The number of nitrogens with zero attached hydrogens (tertiary/aromatic N) is 2. The molecule has 1 aromatic heterocycles. The number of rotatable bonds is 7. The Hall–Kier alpha value is -3.74. The molecule has 1 amide bonds. The number of oxime groups is 1. The maximum Gasteiger partial charge on any atom is 0.353 e. The summed E-state index contributed by atoms with van der Waals surface area (Å²) in [6.07, 6.45) is 2.16. The van der Waals surface area contributed by atoms with Crippen LogP contribution in [-0.4, -0.2) is 41.3 Å². The number of fused-ring (bicyclic) bond motifs is 1. The zero-order chi connectivity index (χ0) is 23.4. The highest BCUT2D eigenvalue weighted by atomic mass is 16.7. The average molecular weight is 446 g/mol. The van der Waals surface area contributed by atoms with Crippen LogP contribution in [0.1, 0.15) is 36.3 Å². The van der Waals surface area contributed by atoms with Crippen molar-refractivity contribution in [3.05, 3.63) is 78.1 Å². The van der Waals surface area contributed by atoms with Crippen molar-refractivity contribution in [2.75, 3.05) is 7.11 Å². The van der Waals surface area contributed by atoms with Gasteiger partial charge in [0, 0.05) is 24.4 Å². The van der Waals surface area contributed by atoms with Gasteiger partial charge >= 0.3 is 5.97 Å². The summed E-state index contributed by atoms with van der Waals surface area (Å²) in [6, 6.07) is 18.6. The lowest BCUT2D eigenvalue weighted by molar-refractivity contribution is -0.166. The Kier molecular flexibility index (Phi) is 6.40. The fourth-order valence-corrected chi connectivity index (χ4v) is 4.20. The number of carbonyl (C=O) groups is 2. The zero-order valence-electron chi connectivity index (χ0n) is 18.9. The molecule has 33 heavy (non-hydrogen) atoms. The van der Waals surface area contributed by atoms with Gasteiger partial charge in [0.2, 0.25) is 5.60 Å². The number of aromatic nitrogens is 1. The number of methoxy groups -OCH3 is 1. The van der Waals surface area contributed by atoms with Crippen molar-refractivity contribution in [3.63, 3.8) is 0 Å². The molecule has 0 spiro atoms. The highest BCUT2D eigenvalue weighted by Gasteiger charge is 2.49. The largest absolute Gasteiger partial charge is 0.466 e. The van der Waals surface area contributed by atoms with E-state index in [1.807, 2.05) is 74.5 Å². The zero-order valence-corrected chi connectivity index (χ0v) is 18.9. The van der Waals surface area contributed by atoms with Crippen LogP contribution >= 0.6 is 0 Å². The monoisotopic (exact) mass is 445 g/mol. The first-order chi connectivity index (χ1) is 15.9. The van der Waals surface area contributed by atoms with Crippen LogP contribution in [0, 0.1) is 5.92 Å². The van der Waals surface area contributed by atoms with Crippen LogP contribution in [0.5, 0.6) is 0 Å². The van der Waals surface area contributed by atoms with E-state index in [4.69, 9.17) is 9.57 Å². The number of ether oxygens (including phenoxy) is 1. The van der Waals surface area contributed by atoms with E-state index in [0.717, 1.165) is 16.3 Å². The van der Waals surface area contributed by atoms with E-state index in [2.05, 4.69) is 15.5 Å². The molecule has 2 heterocycles. The summed E-state index contributed by atoms with van der Waals surface area (Å²) >= 11 is 0. The van der Waals surface area contributed by atoms with Gasteiger partial charge in [0.15, 0.2) is 0 Å². The van der Waals surface area contributed by atoms with Gasteiger partial charge in [-0.25, -0.2) is 4.79 Å². The highest BCUT2D eigenvalue weighted by molar-refractivity contribution is 6.07. The second-order valence-electron chi connectivity index (χ2n) is 8.57. The lowest BCUT2D eigenvalue weighted by Crippen LogP contribution is -2.48. The molecule has 1 aliphatic heterocycles. The van der Waals surface area contributed by atoms with Crippen LogP contribution in [0.15, 0.2) is 72.0 Å². The third-order valence-electron chi connectivity index (χ3n) is 5.90. The van der Waals surface area contributed by atoms with E-state index in [-0.39, 0.29) is 18.2 Å². The van der Waals surface area contributed by atoms with Crippen LogP contribution in [0.3, 0.4) is 0 Å². The molecule has 7 nitrogen and oxygen atoms in total. The maximum absolute atomic E-state index is 13.2. The second kappa shape index (κ2) is 9.40. The Morgan fingerprint density at radius 2 is 1.82 bits per heavy atom. The minimum atomic E-state index is -1.26. The van der Waals surface area contributed by atoms with Crippen LogP contribution in [-0.2, 0) is 20.8 Å². The van der Waals surface area contributed by atoms with Crippen LogP contribution in [0.2, 0.25) is 0 Å². The summed E-state index contributed by atoms with van der Waals surface area (Å²) in [5.41, 5.74) is 0.618. The van der Waals surface area contributed by atoms with E-state index in [9.17, 15) is 9.59 Å². The molecule has 1 N–H and O–H groups in total. The smallest absolute Gasteiger partial charge is 0.353 e. The third kappa shape index (κ3) is 4.58. The van der Waals surface area contributed by atoms with Crippen LogP contribution in [0.4, 0.5) is 0 Å². The van der Waals surface area contributed by atoms with Gasteiger partial charge in [-0.05, 0) is 22.9 Å². The summed E-state index contributed by atoms with van der Waals surface area (Å²) in [6.45, 7) is 3.97. The SMILES string of the molecule is COC(=O)C1(Cc2ccccc2)CC([C@@H](NC(=O)c2nccc3ccccc23)C(C)C)=NO1. The predicted molar refractivity (Wildman–Crippen MR) is 126 cm³/mol. The maximum atomic E-state index is 13.2. The average Bonchev–Trinajstić information content (AvgIpc) is 3.26. The Morgan fingerprint density at radius 1 is 1.09 bits per heavy atom. The van der Waals surface area contributed by atoms with Crippen molar-refractivity contribution in [3.8, 4) is 0 Å². The molecule has 0 bridgehead atoms. The Balaban J connectivity index is 1.58. The molecule has 0 saturated heterocycles. The molecule has 0 radical (unpaired) electrons. The van der Waals surface area contributed by atoms with Crippen molar-refractivity contribution >= 4 is 28.4 Å². The fraction of sp³-hybridized carbons (Fsp3) is 0.308. The number of benzene rings is 2. The Morgan fingerprint density at radius 3 is 2.55 bits per heavy atom. The van der Waals surface area contributed by atoms with Gasteiger partial charge in [-0.15, -0.1) is 0 Å². The standard InChI is InChI=1S/C26H27N3O4/c1-17(2)22(28-24(30)23-20-12-8-7-11-19(20)13-14-27-23)21-16-26(33-29-21,25(31)32-3)15-18-9-5-4-6-10-18/h4-14,17,22H,15-16H2,1-3H3,(H,28,30)/t22-,26?/m0/s1. The Labute approximate surface area is 192 Å². The van der Waals surface area contributed by atoms with E-state index >= 15 is 0 Å². The minimum absolute atomic E-state index is 0.0106. The summed E-state index contributed by atoms with van der Waals surface area (Å²) in [5, 5.41) is 9.04. The number of amides is 1. The molecule has 4 rings (SSSR count). The van der Waals surface area contributed by atoms with Gasteiger partial charge < -0.3 is 14.9 Å². The summed E-state index contributed by atoms with van der Waals surface area (Å²) in [7, 11) is 1.34. The minimum Gasteiger partial charge on any atom is -0.466 e. The van der Waals surface area contributed by atoms with Crippen LogP contribution < -0.4 is 5.32 Å². The number of nitrogens with one attached hydrogen (secondary N) is 1. The molecule has 3 aromatic rings. The van der Waals surface area contributed by atoms with E-state index in [1.165, 1.54) is 7.11 Å².